The minimum atomic E-state index is -3.42. The summed E-state index contributed by atoms with van der Waals surface area (Å²) >= 11 is 3.17. The second-order valence-electron chi connectivity index (χ2n) is 8.09. The molecule has 0 aromatic heterocycles. The molecule has 3 rings (SSSR count). The van der Waals surface area contributed by atoms with Gasteiger partial charge in [-0.3, -0.25) is 0 Å². The van der Waals surface area contributed by atoms with E-state index in [1.165, 1.54) is 29.2 Å². The fraction of sp³-hybridized carbons (Fsp3) is 0.417. The third-order valence-corrected chi connectivity index (χ3v) is 6.28. The summed E-state index contributed by atoms with van der Waals surface area (Å²) in [6.07, 6.45) is -0.727. The third kappa shape index (κ3) is 6.51. The first-order chi connectivity index (χ1) is 15.7. The van der Waals surface area contributed by atoms with E-state index in [0.29, 0.717) is 30.3 Å². The summed E-state index contributed by atoms with van der Waals surface area (Å²) in [4.78, 5) is 24.9. The number of rotatable bonds is 10. The quantitative estimate of drug-likeness (QED) is 0.443. The van der Waals surface area contributed by atoms with Gasteiger partial charge in [0.05, 0.1) is 12.2 Å². The van der Waals surface area contributed by atoms with E-state index < -0.39 is 24.1 Å². The molecule has 1 aliphatic heterocycles. The number of cyclic esters (lactones) is 1. The zero-order chi connectivity index (χ0) is 24.0. The smallest absolute Gasteiger partial charge is 0.410 e. The van der Waals surface area contributed by atoms with Crippen LogP contribution in [-0.2, 0) is 17.1 Å². The molecule has 1 amide bonds. The van der Waals surface area contributed by atoms with Crippen LogP contribution in [0.1, 0.15) is 47.2 Å². The molecular formula is C24H26BrF2NO5. The molecular weight excluding hydrogens is 500 g/mol. The number of hydrogen-bond donors (Lipinski definition) is 2. The predicted molar refractivity (Wildman–Crippen MR) is 121 cm³/mol. The van der Waals surface area contributed by atoms with E-state index in [2.05, 4.69) is 15.9 Å². The minimum absolute atomic E-state index is 0.172. The molecule has 1 aliphatic rings. The number of carbonyl (C=O) groups is 2. The van der Waals surface area contributed by atoms with Crippen molar-refractivity contribution in [3.8, 4) is 0 Å². The summed E-state index contributed by atoms with van der Waals surface area (Å²) in [5.41, 5.74) is 0.761. The number of aliphatic hydroxyl groups is 1. The van der Waals surface area contributed by atoms with E-state index >= 15 is 0 Å². The van der Waals surface area contributed by atoms with E-state index in [1.807, 2.05) is 6.07 Å². The number of carbonyl (C=O) groups excluding carboxylic acids is 1. The zero-order valence-electron chi connectivity index (χ0n) is 17.9. The van der Waals surface area contributed by atoms with Crippen molar-refractivity contribution in [1.82, 2.24) is 4.90 Å². The molecule has 0 aliphatic carbocycles. The molecule has 0 bridgehead atoms. The summed E-state index contributed by atoms with van der Waals surface area (Å²) in [6.45, 7) is 0.553. The summed E-state index contributed by atoms with van der Waals surface area (Å²) in [6, 6.07) is 12.0. The van der Waals surface area contributed by atoms with Crippen LogP contribution in [0.2, 0.25) is 0 Å². The molecule has 2 aromatic rings. The fourth-order valence-corrected chi connectivity index (χ4v) is 4.38. The van der Waals surface area contributed by atoms with E-state index in [0.717, 1.165) is 5.56 Å². The van der Waals surface area contributed by atoms with Gasteiger partial charge in [-0.2, -0.15) is 8.78 Å². The van der Waals surface area contributed by atoms with Crippen LogP contribution in [0.3, 0.4) is 0 Å². The van der Waals surface area contributed by atoms with Crippen molar-refractivity contribution in [3.05, 3.63) is 69.7 Å². The lowest BCUT2D eigenvalue weighted by Crippen LogP contribution is -2.47. The number of aromatic carboxylic acids is 1. The van der Waals surface area contributed by atoms with Crippen LogP contribution in [0.15, 0.2) is 53.0 Å². The Morgan fingerprint density at radius 3 is 2.73 bits per heavy atom. The summed E-state index contributed by atoms with van der Waals surface area (Å²) in [5.74, 6) is -4.42. The first-order valence-corrected chi connectivity index (χ1v) is 11.6. The van der Waals surface area contributed by atoms with Gasteiger partial charge in [0, 0.05) is 29.0 Å². The van der Waals surface area contributed by atoms with Crippen molar-refractivity contribution in [1.29, 1.82) is 0 Å². The van der Waals surface area contributed by atoms with Gasteiger partial charge in [0.15, 0.2) is 0 Å². The Labute approximate surface area is 199 Å². The number of halogens is 3. The first kappa shape index (κ1) is 25.1. The molecule has 2 atom stereocenters. The average Bonchev–Trinajstić information content (AvgIpc) is 2.79. The topological polar surface area (TPSA) is 87.1 Å². The molecule has 2 unspecified atom stereocenters. The molecule has 178 valence electrons. The van der Waals surface area contributed by atoms with Crippen molar-refractivity contribution in [3.63, 3.8) is 0 Å². The van der Waals surface area contributed by atoms with Crippen molar-refractivity contribution >= 4 is 28.0 Å². The number of aryl methyl sites for hydroxylation is 1. The van der Waals surface area contributed by atoms with Crippen LogP contribution in [0.5, 0.6) is 0 Å². The molecule has 0 saturated carbocycles. The van der Waals surface area contributed by atoms with E-state index in [9.17, 15) is 23.5 Å². The Hall–Kier alpha value is -2.52. The van der Waals surface area contributed by atoms with Crippen molar-refractivity contribution in [2.24, 2.45) is 0 Å². The largest absolute Gasteiger partial charge is 0.478 e. The van der Waals surface area contributed by atoms with Crippen LogP contribution < -0.4 is 0 Å². The SMILES string of the molecule is O=C(O)c1cccc(CCCN2C(=O)OCCC2CCC(O)C(F)(F)c2cccc(Br)c2)c1. The second-order valence-corrected chi connectivity index (χ2v) is 9.00. The first-order valence-electron chi connectivity index (χ1n) is 10.8. The summed E-state index contributed by atoms with van der Waals surface area (Å²) in [7, 11) is 0. The molecule has 6 nitrogen and oxygen atoms in total. The highest BCUT2D eigenvalue weighted by molar-refractivity contribution is 9.10. The highest BCUT2D eigenvalue weighted by Gasteiger charge is 2.41. The number of amides is 1. The average molecular weight is 526 g/mol. The summed E-state index contributed by atoms with van der Waals surface area (Å²) < 4.78 is 35.1. The van der Waals surface area contributed by atoms with E-state index in [1.54, 1.807) is 18.2 Å². The van der Waals surface area contributed by atoms with Gasteiger partial charge < -0.3 is 19.8 Å². The number of benzene rings is 2. The fourth-order valence-electron chi connectivity index (χ4n) is 3.98. The summed E-state index contributed by atoms with van der Waals surface area (Å²) in [5, 5.41) is 19.4. The molecule has 9 heteroatoms. The number of ether oxygens (including phenoxy) is 1. The van der Waals surface area contributed by atoms with Gasteiger partial charge in [-0.05, 0) is 55.5 Å². The molecule has 1 fully saturated rings. The normalized spacial score (nSPS) is 17.5. The maximum Gasteiger partial charge on any atom is 0.410 e. The number of alkyl halides is 2. The number of nitrogens with zero attached hydrogens (tertiary/aromatic N) is 1. The Morgan fingerprint density at radius 2 is 2.00 bits per heavy atom. The van der Waals surface area contributed by atoms with E-state index in [-0.39, 0.29) is 36.6 Å². The minimum Gasteiger partial charge on any atom is -0.478 e. The lowest BCUT2D eigenvalue weighted by Gasteiger charge is -2.36. The molecule has 2 aromatic carbocycles. The Morgan fingerprint density at radius 1 is 1.24 bits per heavy atom. The van der Waals surface area contributed by atoms with Crippen LogP contribution in [0.25, 0.3) is 0 Å². The van der Waals surface area contributed by atoms with Crippen LogP contribution >= 0.6 is 15.9 Å². The van der Waals surface area contributed by atoms with Gasteiger partial charge >= 0.3 is 12.1 Å². The number of hydrogen-bond acceptors (Lipinski definition) is 4. The molecule has 0 radical (unpaired) electrons. The van der Waals surface area contributed by atoms with Crippen LogP contribution in [-0.4, -0.2) is 52.5 Å². The molecule has 0 spiro atoms. The van der Waals surface area contributed by atoms with Gasteiger partial charge in [0.25, 0.3) is 5.92 Å². The van der Waals surface area contributed by atoms with Gasteiger partial charge in [-0.1, -0.05) is 40.2 Å². The van der Waals surface area contributed by atoms with Gasteiger partial charge in [0.2, 0.25) is 0 Å². The van der Waals surface area contributed by atoms with Gasteiger partial charge in [-0.25, -0.2) is 9.59 Å². The van der Waals surface area contributed by atoms with Crippen molar-refractivity contribution < 1.29 is 33.3 Å². The van der Waals surface area contributed by atoms with Crippen molar-refractivity contribution in [2.45, 2.75) is 50.2 Å². The number of carboxylic acids is 1. The lowest BCUT2D eigenvalue weighted by molar-refractivity contribution is -0.120. The highest BCUT2D eigenvalue weighted by Crippen LogP contribution is 2.35. The monoisotopic (exact) mass is 525 g/mol. The van der Waals surface area contributed by atoms with Crippen LogP contribution in [0.4, 0.5) is 13.6 Å². The Balaban J connectivity index is 1.58. The van der Waals surface area contributed by atoms with Gasteiger partial charge in [0.1, 0.15) is 6.10 Å². The molecule has 1 heterocycles. The molecule has 33 heavy (non-hydrogen) atoms. The molecule has 2 N–H and O–H groups in total. The predicted octanol–water partition coefficient (Wildman–Crippen LogP) is 5.22. The van der Waals surface area contributed by atoms with Crippen molar-refractivity contribution in [2.75, 3.05) is 13.2 Å². The molecule has 1 saturated heterocycles. The maximum absolute atomic E-state index is 14.7. The van der Waals surface area contributed by atoms with Gasteiger partial charge in [-0.15, -0.1) is 0 Å². The Bertz CT molecular complexity index is 987. The number of aliphatic hydroxyl groups excluding tert-OH is 1. The van der Waals surface area contributed by atoms with E-state index in [4.69, 9.17) is 9.84 Å². The standard InChI is InChI=1S/C24H26BrF2NO5/c25-19-8-2-7-18(15-19)24(26,27)21(29)10-9-20-11-13-33-23(32)28(20)12-3-5-16-4-1-6-17(14-16)22(30)31/h1-2,4,6-8,14-15,20-21,29H,3,5,9-13H2,(H,30,31). The zero-order valence-corrected chi connectivity index (χ0v) is 19.5. The third-order valence-electron chi connectivity index (χ3n) is 5.79. The number of carboxylic acid groups (broad SMARTS) is 1. The lowest BCUT2D eigenvalue weighted by atomic mass is 9.96. The Kier molecular flexibility index (Phi) is 8.42. The van der Waals surface area contributed by atoms with Crippen LogP contribution in [0, 0.1) is 0 Å². The second kappa shape index (κ2) is 11.1. The highest BCUT2D eigenvalue weighted by atomic mass is 79.9. The maximum atomic E-state index is 14.7.